The highest BCUT2D eigenvalue weighted by atomic mass is 35.5. The fourth-order valence-corrected chi connectivity index (χ4v) is 1.56. The number of carbonyl (C=O) groups excluding carboxylic acids is 1. The molecule has 0 saturated carbocycles. The third-order valence-electron chi connectivity index (χ3n) is 2.10. The summed E-state index contributed by atoms with van der Waals surface area (Å²) in [4.78, 5) is 11.0. The number of benzene rings is 1. The number of aliphatic hydroxyl groups is 1. The van der Waals surface area contributed by atoms with E-state index in [2.05, 4.69) is 4.74 Å². The van der Waals surface area contributed by atoms with E-state index in [0.29, 0.717) is 10.6 Å². The van der Waals surface area contributed by atoms with E-state index in [1.807, 2.05) is 0 Å². The molecule has 0 amide bonds. The van der Waals surface area contributed by atoms with Crippen LogP contribution in [0.5, 0.6) is 0 Å². The monoisotopic (exact) mass is 274 g/mol. The highest BCUT2D eigenvalue weighted by Crippen LogP contribution is 2.22. The molecule has 1 aromatic carbocycles. The van der Waals surface area contributed by atoms with Gasteiger partial charge in [0, 0.05) is 10.1 Å². The molecule has 0 spiro atoms. The lowest BCUT2D eigenvalue weighted by molar-refractivity contribution is -0.142. The van der Waals surface area contributed by atoms with Gasteiger partial charge in [-0.1, -0.05) is 41.4 Å². The molecular weight excluding hydrogens is 263 g/mol. The Kier molecular flexibility index (Phi) is 5.48. The Hall–Kier alpha value is -1.03. The molecule has 0 fully saturated rings. The minimum atomic E-state index is -1.08. The summed E-state index contributed by atoms with van der Waals surface area (Å²) in [5, 5.41) is 10.3. The number of aliphatic hydroxyl groups excluding tert-OH is 1. The molecule has 0 saturated heterocycles. The van der Waals surface area contributed by atoms with Gasteiger partial charge in [0.1, 0.15) is 0 Å². The van der Waals surface area contributed by atoms with Crippen LogP contribution in [-0.4, -0.2) is 24.3 Å². The van der Waals surface area contributed by atoms with Gasteiger partial charge in [0.15, 0.2) is 0 Å². The second kappa shape index (κ2) is 6.64. The first-order valence-corrected chi connectivity index (χ1v) is 5.66. The minimum absolute atomic E-state index is 0.142. The van der Waals surface area contributed by atoms with Crippen molar-refractivity contribution in [3.63, 3.8) is 0 Å². The first kappa shape index (κ1) is 14.0. The minimum Gasteiger partial charge on any atom is -0.469 e. The highest BCUT2D eigenvalue weighted by molar-refractivity contribution is 6.34. The van der Waals surface area contributed by atoms with E-state index in [9.17, 15) is 9.90 Å². The van der Waals surface area contributed by atoms with Crippen LogP contribution in [0.15, 0.2) is 29.3 Å². The second-order valence-electron chi connectivity index (χ2n) is 3.35. The maximum Gasteiger partial charge on any atom is 0.308 e. The van der Waals surface area contributed by atoms with Crippen molar-refractivity contribution in [2.24, 2.45) is 0 Å². The largest absolute Gasteiger partial charge is 0.469 e. The van der Waals surface area contributed by atoms with Gasteiger partial charge in [-0.05, 0) is 17.7 Å². The summed E-state index contributed by atoms with van der Waals surface area (Å²) in [6, 6.07) is 7.06. The van der Waals surface area contributed by atoms with Gasteiger partial charge in [-0.2, -0.15) is 0 Å². The number of esters is 1. The molecule has 1 N–H and O–H groups in total. The Morgan fingerprint density at radius 2 is 2.18 bits per heavy atom. The van der Waals surface area contributed by atoms with Gasteiger partial charge < -0.3 is 9.84 Å². The molecule has 0 radical (unpaired) electrons. The number of halogens is 2. The number of carbonyl (C=O) groups is 1. The third-order valence-corrected chi connectivity index (χ3v) is 2.81. The Bertz CT molecular complexity index is 430. The quantitative estimate of drug-likeness (QED) is 0.859. The van der Waals surface area contributed by atoms with Gasteiger partial charge in [-0.25, -0.2) is 0 Å². The Balaban J connectivity index is 2.78. The van der Waals surface area contributed by atoms with E-state index in [0.717, 1.165) is 0 Å². The number of hydrogen-bond donors (Lipinski definition) is 1. The number of ether oxygens (including phenoxy) is 1. The van der Waals surface area contributed by atoms with Crippen LogP contribution in [0.3, 0.4) is 0 Å². The topological polar surface area (TPSA) is 46.5 Å². The molecule has 1 atom stereocenters. The highest BCUT2D eigenvalue weighted by Gasteiger charge is 2.14. The Morgan fingerprint density at radius 3 is 2.76 bits per heavy atom. The second-order valence-corrected chi connectivity index (χ2v) is 4.19. The van der Waals surface area contributed by atoms with Crippen LogP contribution >= 0.6 is 23.2 Å². The predicted molar refractivity (Wildman–Crippen MR) is 67.9 cm³/mol. The van der Waals surface area contributed by atoms with Crippen LogP contribution in [-0.2, 0) is 9.53 Å². The number of methoxy groups -OCH3 is 1. The number of hydrogen-bond acceptors (Lipinski definition) is 3. The van der Waals surface area contributed by atoms with Crippen molar-refractivity contribution in [1.29, 1.82) is 0 Å². The lowest BCUT2D eigenvalue weighted by Gasteiger charge is -2.08. The molecule has 0 bridgehead atoms. The first-order valence-electron chi connectivity index (χ1n) is 4.91. The lowest BCUT2D eigenvalue weighted by atomic mass is 10.1. The molecule has 1 aromatic rings. The van der Waals surface area contributed by atoms with Crippen LogP contribution in [0.2, 0.25) is 5.02 Å². The Morgan fingerprint density at radius 1 is 1.53 bits per heavy atom. The van der Waals surface area contributed by atoms with Gasteiger partial charge >= 0.3 is 5.97 Å². The van der Waals surface area contributed by atoms with Crippen LogP contribution in [0.1, 0.15) is 12.0 Å². The molecule has 0 aliphatic carbocycles. The smallest absolute Gasteiger partial charge is 0.308 e. The molecule has 3 nitrogen and oxygen atoms in total. The molecular formula is C12H12Cl2O3. The molecule has 5 heteroatoms. The van der Waals surface area contributed by atoms with Crippen molar-refractivity contribution >= 4 is 35.2 Å². The van der Waals surface area contributed by atoms with E-state index in [1.54, 1.807) is 24.3 Å². The molecule has 92 valence electrons. The summed E-state index contributed by atoms with van der Waals surface area (Å²) in [6.45, 7) is 0. The zero-order valence-corrected chi connectivity index (χ0v) is 10.7. The molecule has 0 aromatic heterocycles. The van der Waals surface area contributed by atoms with Crippen molar-refractivity contribution in [1.82, 2.24) is 0 Å². The van der Waals surface area contributed by atoms with Gasteiger partial charge in [0.25, 0.3) is 0 Å². The van der Waals surface area contributed by atoms with Crippen molar-refractivity contribution in [3.8, 4) is 0 Å². The maximum atomic E-state index is 11.0. The molecule has 17 heavy (non-hydrogen) atoms. The molecule has 0 aliphatic heterocycles. The van der Waals surface area contributed by atoms with Gasteiger partial charge in [0.05, 0.1) is 19.6 Å². The fraction of sp³-hybridized carbons (Fsp3) is 0.250. The van der Waals surface area contributed by atoms with Crippen LogP contribution in [0.25, 0.3) is 6.08 Å². The van der Waals surface area contributed by atoms with Gasteiger partial charge in [0.2, 0.25) is 0 Å². The average molecular weight is 275 g/mol. The average Bonchev–Trinajstić information content (AvgIpc) is 2.31. The van der Waals surface area contributed by atoms with E-state index in [4.69, 9.17) is 23.2 Å². The summed E-state index contributed by atoms with van der Waals surface area (Å²) in [5.41, 5.74) is 0.683. The van der Waals surface area contributed by atoms with Gasteiger partial charge in [-0.15, -0.1) is 0 Å². The summed E-state index contributed by atoms with van der Waals surface area (Å²) in [7, 11) is 1.25. The van der Waals surface area contributed by atoms with Crippen molar-refractivity contribution < 1.29 is 14.6 Å². The first-order chi connectivity index (χ1) is 8.04. The molecule has 1 rings (SSSR count). The van der Waals surface area contributed by atoms with Crippen molar-refractivity contribution in [2.45, 2.75) is 12.5 Å². The van der Waals surface area contributed by atoms with E-state index in [1.165, 1.54) is 13.2 Å². The summed E-state index contributed by atoms with van der Waals surface area (Å²) in [6.07, 6.45) is 0.258. The predicted octanol–water partition coefficient (Wildman–Crippen LogP) is 2.84. The van der Waals surface area contributed by atoms with Crippen molar-refractivity contribution in [3.05, 3.63) is 39.9 Å². The van der Waals surface area contributed by atoms with Crippen molar-refractivity contribution in [2.75, 3.05) is 7.11 Å². The van der Waals surface area contributed by atoms with Crippen LogP contribution < -0.4 is 0 Å². The normalized spacial score (nSPS) is 13.3. The fourth-order valence-electron chi connectivity index (χ4n) is 1.18. The SMILES string of the molecule is COC(=O)CC(O)/C(Cl)=C/c1ccccc1Cl. The molecule has 1 unspecified atom stereocenters. The maximum absolute atomic E-state index is 11.0. The summed E-state index contributed by atoms with van der Waals surface area (Å²) >= 11 is 11.8. The van der Waals surface area contributed by atoms with E-state index < -0.39 is 12.1 Å². The molecule has 0 heterocycles. The summed E-state index contributed by atoms with van der Waals surface area (Å²) < 4.78 is 4.43. The lowest BCUT2D eigenvalue weighted by Crippen LogP contribution is -2.14. The zero-order chi connectivity index (χ0) is 12.8. The van der Waals surface area contributed by atoms with E-state index in [-0.39, 0.29) is 11.5 Å². The zero-order valence-electron chi connectivity index (χ0n) is 9.19. The van der Waals surface area contributed by atoms with E-state index >= 15 is 0 Å². The van der Waals surface area contributed by atoms with Crippen LogP contribution in [0, 0.1) is 0 Å². The Labute approximate surface area is 110 Å². The van der Waals surface area contributed by atoms with Gasteiger partial charge in [-0.3, -0.25) is 4.79 Å². The number of rotatable bonds is 4. The van der Waals surface area contributed by atoms with Crippen LogP contribution in [0.4, 0.5) is 0 Å². The third kappa shape index (κ3) is 4.38. The standard InChI is InChI=1S/C12H12Cl2O3/c1-17-12(16)7-11(15)10(14)6-8-4-2-3-5-9(8)13/h2-6,11,15H,7H2,1H3/b10-6-. The summed E-state index contributed by atoms with van der Waals surface area (Å²) in [5.74, 6) is -0.525. The molecule has 0 aliphatic rings.